The molecule has 11 heavy (non-hydrogen) atoms. The van der Waals surface area contributed by atoms with Gasteiger partial charge in [-0.3, -0.25) is 0 Å². The van der Waals surface area contributed by atoms with Crippen molar-refractivity contribution in [2.75, 3.05) is 13.7 Å². The molecule has 0 aromatic carbocycles. The molecule has 1 fully saturated rings. The lowest BCUT2D eigenvalue weighted by Crippen LogP contribution is -1.93. The van der Waals surface area contributed by atoms with E-state index in [-0.39, 0.29) is 0 Å². The first-order chi connectivity index (χ1) is 5.43. The molecule has 0 aromatic heterocycles. The van der Waals surface area contributed by atoms with Gasteiger partial charge in [0.1, 0.15) is 0 Å². The third-order valence-electron chi connectivity index (χ3n) is 2.44. The number of methoxy groups -OCH3 is 1. The van der Waals surface area contributed by atoms with Crippen LogP contribution < -0.4 is 0 Å². The first-order valence-corrected chi connectivity index (χ1v) is 4.76. The van der Waals surface area contributed by atoms with Crippen LogP contribution in [0.4, 0.5) is 0 Å². The fourth-order valence-corrected chi connectivity index (χ4v) is 1.75. The average molecular weight is 155 g/mol. The number of ether oxygens (including phenoxy) is 1. The van der Waals surface area contributed by atoms with Gasteiger partial charge >= 0.3 is 0 Å². The predicted molar refractivity (Wildman–Crippen MR) is 47.4 cm³/mol. The van der Waals surface area contributed by atoms with Crippen molar-refractivity contribution in [3.8, 4) is 0 Å². The number of rotatable bonds is 5. The van der Waals surface area contributed by atoms with E-state index in [2.05, 4.69) is 0 Å². The van der Waals surface area contributed by atoms with Crippen molar-refractivity contribution < 1.29 is 4.74 Å². The lowest BCUT2D eigenvalue weighted by atomic mass is 10.0. The zero-order chi connectivity index (χ0) is 7.94. The minimum absolute atomic E-state index is 0.938. The van der Waals surface area contributed by atoms with Crippen LogP contribution in [0.2, 0.25) is 0 Å². The molecule has 1 rings (SSSR count). The molecule has 0 N–H and O–H groups in total. The quantitative estimate of drug-likeness (QED) is 0.555. The standard InChI is InChI=1S/C10H19O/c1-11-9-5-4-8-10-6-2-3-7-10/h2-9H2,1H3. The molecule has 65 valence electrons. The van der Waals surface area contributed by atoms with E-state index in [0.717, 1.165) is 6.61 Å². The summed E-state index contributed by atoms with van der Waals surface area (Å²) in [6.45, 7) is 0.938. The maximum Gasteiger partial charge on any atom is 0.0462 e. The summed E-state index contributed by atoms with van der Waals surface area (Å²) in [4.78, 5) is 0. The van der Waals surface area contributed by atoms with Gasteiger partial charge in [0.25, 0.3) is 0 Å². The molecule has 1 saturated carbocycles. The van der Waals surface area contributed by atoms with Crippen LogP contribution >= 0.6 is 0 Å². The van der Waals surface area contributed by atoms with E-state index in [9.17, 15) is 0 Å². The zero-order valence-corrected chi connectivity index (χ0v) is 7.57. The van der Waals surface area contributed by atoms with Crippen molar-refractivity contribution in [2.24, 2.45) is 0 Å². The second-order valence-electron chi connectivity index (χ2n) is 3.41. The summed E-state index contributed by atoms with van der Waals surface area (Å²) in [6.07, 6.45) is 9.64. The van der Waals surface area contributed by atoms with Gasteiger partial charge in [-0.1, -0.05) is 19.3 Å². The van der Waals surface area contributed by atoms with Gasteiger partial charge in [0, 0.05) is 13.7 Å². The van der Waals surface area contributed by atoms with Crippen LogP contribution in [-0.4, -0.2) is 13.7 Å². The molecule has 0 aliphatic heterocycles. The molecule has 0 unspecified atom stereocenters. The number of unbranched alkanes of at least 4 members (excludes halogenated alkanes) is 1. The highest BCUT2D eigenvalue weighted by Gasteiger charge is 2.14. The maximum absolute atomic E-state index is 5.00. The minimum atomic E-state index is 0.938. The molecule has 0 heterocycles. The van der Waals surface area contributed by atoms with Crippen molar-refractivity contribution in [1.29, 1.82) is 0 Å². The summed E-state index contributed by atoms with van der Waals surface area (Å²) in [5.41, 5.74) is 0. The van der Waals surface area contributed by atoms with E-state index in [4.69, 9.17) is 4.74 Å². The molecule has 1 heteroatoms. The molecule has 0 bridgehead atoms. The van der Waals surface area contributed by atoms with E-state index in [0.29, 0.717) is 0 Å². The highest BCUT2D eigenvalue weighted by atomic mass is 16.5. The van der Waals surface area contributed by atoms with Crippen molar-refractivity contribution in [1.82, 2.24) is 0 Å². The van der Waals surface area contributed by atoms with Crippen LogP contribution in [0.15, 0.2) is 0 Å². The summed E-state index contributed by atoms with van der Waals surface area (Å²) < 4.78 is 5.00. The van der Waals surface area contributed by atoms with E-state index in [1.165, 1.54) is 44.9 Å². The fourth-order valence-electron chi connectivity index (χ4n) is 1.75. The highest BCUT2D eigenvalue weighted by molar-refractivity contribution is 4.93. The zero-order valence-electron chi connectivity index (χ0n) is 7.57. The van der Waals surface area contributed by atoms with Gasteiger partial charge in [0.05, 0.1) is 0 Å². The summed E-state index contributed by atoms with van der Waals surface area (Å²) in [5.74, 6) is 1.81. The molecular weight excluding hydrogens is 136 g/mol. The Balaban J connectivity index is 1.86. The third kappa shape index (κ3) is 3.76. The minimum Gasteiger partial charge on any atom is -0.385 e. The molecule has 0 amide bonds. The van der Waals surface area contributed by atoms with Crippen LogP contribution in [-0.2, 0) is 4.74 Å². The Hall–Kier alpha value is -0.0400. The Morgan fingerprint density at radius 2 is 1.91 bits per heavy atom. The van der Waals surface area contributed by atoms with Crippen LogP contribution in [0.5, 0.6) is 0 Å². The number of hydrogen-bond donors (Lipinski definition) is 0. The van der Waals surface area contributed by atoms with E-state index in [1.54, 1.807) is 13.0 Å². The Morgan fingerprint density at radius 3 is 2.55 bits per heavy atom. The predicted octanol–water partition coefficient (Wildman–Crippen LogP) is 2.95. The van der Waals surface area contributed by atoms with Crippen LogP contribution in [0.3, 0.4) is 0 Å². The average Bonchev–Trinajstić information content (AvgIpc) is 2.50. The van der Waals surface area contributed by atoms with E-state index < -0.39 is 0 Å². The molecule has 0 aromatic rings. The normalized spacial score (nSPS) is 19.4. The second kappa shape index (κ2) is 5.59. The SMILES string of the molecule is COCCCC[C]1CCCC1. The summed E-state index contributed by atoms with van der Waals surface area (Å²) in [5, 5.41) is 0. The molecule has 1 aliphatic carbocycles. The summed E-state index contributed by atoms with van der Waals surface area (Å²) >= 11 is 0. The second-order valence-corrected chi connectivity index (χ2v) is 3.41. The topological polar surface area (TPSA) is 9.23 Å². The maximum atomic E-state index is 5.00. The van der Waals surface area contributed by atoms with Crippen molar-refractivity contribution >= 4 is 0 Å². The summed E-state index contributed by atoms with van der Waals surface area (Å²) in [6, 6.07) is 0. The first-order valence-electron chi connectivity index (χ1n) is 4.76. The van der Waals surface area contributed by atoms with Crippen molar-refractivity contribution in [3.05, 3.63) is 5.92 Å². The van der Waals surface area contributed by atoms with Gasteiger partial charge in [-0.15, -0.1) is 0 Å². The van der Waals surface area contributed by atoms with E-state index >= 15 is 0 Å². The van der Waals surface area contributed by atoms with Crippen LogP contribution in [0.25, 0.3) is 0 Å². The van der Waals surface area contributed by atoms with Gasteiger partial charge in [-0.25, -0.2) is 0 Å². The van der Waals surface area contributed by atoms with Crippen molar-refractivity contribution in [3.63, 3.8) is 0 Å². The monoisotopic (exact) mass is 155 g/mol. The lowest BCUT2D eigenvalue weighted by molar-refractivity contribution is 0.192. The Bertz CT molecular complexity index is 84.9. The third-order valence-corrected chi connectivity index (χ3v) is 2.44. The molecule has 0 atom stereocenters. The first kappa shape index (κ1) is 9.05. The Kier molecular flexibility index (Phi) is 4.60. The van der Waals surface area contributed by atoms with Crippen LogP contribution in [0.1, 0.15) is 44.9 Å². The fraction of sp³-hybridized carbons (Fsp3) is 0.900. The highest BCUT2D eigenvalue weighted by Crippen LogP contribution is 2.30. The van der Waals surface area contributed by atoms with Gasteiger partial charge in [0.15, 0.2) is 0 Å². The molecule has 0 spiro atoms. The van der Waals surface area contributed by atoms with E-state index in [1.807, 2.05) is 0 Å². The Labute approximate surface area is 70.1 Å². The smallest absolute Gasteiger partial charge is 0.0462 e. The largest absolute Gasteiger partial charge is 0.385 e. The van der Waals surface area contributed by atoms with Crippen LogP contribution in [0, 0.1) is 5.92 Å². The molecule has 0 saturated heterocycles. The number of hydrogen-bond acceptors (Lipinski definition) is 1. The molecule has 1 nitrogen and oxygen atoms in total. The molecular formula is C10H19O. The van der Waals surface area contributed by atoms with Gasteiger partial charge in [-0.2, -0.15) is 0 Å². The molecule has 1 radical (unpaired) electrons. The van der Waals surface area contributed by atoms with Gasteiger partial charge in [0.2, 0.25) is 0 Å². The lowest BCUT2D eigenvalue weighted by Gasteiger charge is -2.06. The summed E-state index contributed by atoms with van der Waals surface area (Å²) in [7, 11) is 1.78. The van der Waals surface area contributed by atoms with Gasteiger partial charge < -0.3 is 4.74 Å². The molecule has 1 aliphatic rings. The Morgan fingerprint density at radius 1 is 1.18 bits per heavy atom. The van der Waals surface area contributed by atoms with Gasteiger partial charge in [-0.05, 0) is 31.6 Å². The van der Waals surface area contributed by atoms with Crippen molar-refractivity contribution in [2.45, 2.75) is 44.9 Å².